The van der Waals surface area contributed by atoms with Gasteiger partial charge in [-0.25, -0.2) is 9.18 Å². The summed E-state index contributed by atoms with van der Waals surface area (Å²) in [6, 6.07) is 1.68. The van der Waals surface area contributed by atoms with Gasteiger partial charge in [0.25, 0.3) is 5.91 Å². The molecule has 0 radical (unpaired) electrons. The first-order chi connectivity index (χ1) is 9.27. The molecule has 0 saturated carbocycles. The molecule has 3 N–H and O–H groups in total. The van der Waals surface area contributed by atoms with Crippen LogP contribution in [-0.4, -0.2) is 25.0 Å². The monoisotopic (exact) mass is 282 g/mol. The second-order valence-electron chi connectivity index (χ2n) is 4.89. The summed E-state index contributed by atoms with van der Waals surface area (Å²) >= 11 is 0. The van der Waals surface area contributed by atoms with Crippen LogP contribution in [0.4, 0.5) is 10.1 Å². The van der Waals surface area contributed by atoms with E-state index in [4.69, 9.17) is 5.73 Å². The second kappa shape index (κ2) is 6.36. The number of halogens is 1. The van der Waals surface area contributed by atoms with Crippen molar-refractivity contribution in [2.45, 2.75) is 26.8 Å². The molecule has 0 spiro atoms. The number of methoxy groups -OCH3 is 1. The maximum Gasteiger partial charge on any atom is 0.328 e. The van der Waals surface area contributed by atoms with Crippen LogP contribution in [0.15, 0.2) is 12.1 Å². The van der Waals surface area contributed by atoms with Crippen LogP contribution in [0, 0.1) is 18.7 Å². The lowest BCUT2D eigenvalue weighted by Crippen LogP contribution is -2.45. The molecule has 0 fully saturated rings. The molecule has 0 bridgehead atoms. The number of anilines is 1. The van der Waals surface area contributed by atoms with Gasteiger partial charge >= 0.3 is 5.97 Å². The van der Waals surface area contributed by atoms with E-state index in [9.17, 15) is 14.0 Å². The van der Waals surface area contributed by atoms with Gasteiger partial charge in [-0.15, -0.1) is 0 Å². The van der Waals surface area contributed by atoms with Crippen molar-refractivity contribution in [2.75, 3.05) is 12.8 Å². The first-order valence-corrected chi connectivity index (χ1v) is 6.22. The standard InChI is InChI=1S/C14H19FN2O3/c1-7(2)12(14(19)20-4)17-13(18)9-5-10(15)8(3)11(16)6-9/h5-7,12H,16H2,1-4H3,(H,17,18). The Morgan fingerprint density at radius 3 is 2.40 bits per heavy atom. The molecular weight excluding hydrogens is 263 g/mol. The number of nitrogen functional groups attached to an aromatic ring is 1. The number of nitrogens with two attached hydrogens (primary N) is 1. The number of esters is 1. The van der Waals surface area contributed by atoms with Gasteiger partial charge in [0.1, 0.15) is 11.9 Å². The SMILES string of the molecule is COC(=O)C(NC(=O)c1cc(N)c(C)c(F)c1)C(C)C. The number of hydrogen-bond acceptors (Lipinski definition) is 4. The van der Waals surface area contributed by atoms with E-state index in [1.807, 2.05) is 0 Å². The fourth-order valence-corrected chi connectivity index (χ4v) is 1.68. The molecule has 0 aromatic heterocycles. The lowest BCUT2D eigenvalue weighted by atomic mass is 10.0. The third-order valence-corrected chi connectivity index (χ3v) is 3.06. The van der Waals surface area contributed by atoms with E-state index in [0.29, 0.717) is 0 Å². The van der Waals surface area contributed by atoms with Crippen molar-refractivity contribution in [1.29, 1.82) is 0 Å². The normalized spacial score (nSPS) is 12.1. The molecule has 0 aliphatic heterocycles. The second-order valence-corrected chi connectivity index (χ2v) is 4.89. The van der Waals surface area contributed by atoms with Gasteiger partial charge in [0.05, 0.1) is 7.11 Å². The minimum absolute atomic E-state index is 0.0696. The van der Waals surface area contributed by atoms with Crippen molar-refractivity contribution in [3.05, 3.63) is 29.1 Å². The number of amides is 1. The summed E-state index contributed by atoms with van der Waals surface area (Å²) in [5, 5.41) is 2.52. The zero-order valence-corrected chi connectivity index (χ0v) is 12.0. The highest BCUT2D eigenvalue weighted by atomic mass is 19.1. The molecule has 0 heterocycles. The first-order valence-electron chi connectivity index (χ1n) is 6.22. The number of hydrogen-bond donors (Lipinski definition) is 2. The molecule has 1 atom stereocenters. The minimum Gasteiger partial charge on any atom is -0.467 e. The van der Waals surface area contributed by atoms with Crippen LogP contribution in [0.25, 0.3) is 0 Å². The molecule has 0 saturated heterocycles. The summed E-state index contributed by atoms with van der Waals surface area (Å²) in [7, 11) is 1.24. The number of ether oxygens (including phenoxy) is 1. The van der Waals surface area contributed by atoms with Gasteiger partial charge in [0.15, 0.2) is 0 Å². The molecule has 1 rings (SSSR count). The third-order valence-electron chi connectivity index (χ3n) is 3.06. The zero-order valence-electron chi connectivity index (χ0n) is 12.0. The van der Waals surface area contributed by atoms with Crippen molar-refractivity contribution in [3.63, 3.8) is 0 Å². The molecule has 0 aliphatic carbocycles. The molecule has 1 unspecified atom stereocenters. The first kappa shape index (κ1) is 15.9. The summed E-state index contributed by atoms with van der Waals surface area (Å²) in [6.45, 7) is 5.07. The number of rotatable bonds is 4. The molecule has 1 aromatic rings. The molecule has 6 heteroatoms. The van der Waals surface area contributed by atoms with Crippen molar-refractivity contribution < 1.29 is 18.7 Å². The number of nitrogens with one attached hydrogen (secondary N) is 1. The van der Waals surface area contributed by atoms with E-state index in [-0.39, 0.29) is 22.7 Å². The van der Waals surface area contributed by atoms with Gasteiger partial charge < -0.3 is 15.8 Å². The van der Waals surface area contributed by atoms with Crippen LogP contribution < -0.4 is 11.1 Å². The Balaban J connectivity index is 2.98. The van der Waals surface area contributed by atoms with Crippen LogP contribution in [0.1, 0.15) is 29.8 Å². The van der Waals surface area contributed by atoms with E-state index < -0.39 is 23.7 Å². The van der Waals surface area contributed by atoms with Crippen LogP contribution in [-0.2, 0) is 9.53 Å². The maximum atomic E-state index is 13.6. The molecule has 110 valence electrons. The number of benzene rings is 1. The van der Waals surface area contributed by atoms with E-state index in [0.717, 1.165) is 6.07 Å². The smallest absolute Gasteiger partial charge is 0.328 e. The zero-order chi connectivity index (χ0) is 15.4. The summed E-state index contributed by atoms with van der Waals surface area (Å²) < 4.78 is 18.2. The maximum absolute atomic E-state index is 13.6. The number of carbonyl (C=O) groups excluding carboxylic acids is 2. The summed E-state index contributed by atoms with van der Waals surface area (Å²) in [4.78, 5) is 23.6. The Labute approximate surface area is 117 Å². The summed E-state index contributed by atoms with van der Waals surface area (Å²) in [5.41, 5.74) is 6.17. The Bertz CT molecular complexity index is 506. The van der Waals surface area contributed by atoms with Crippen molar-refractivity contribution >= 4 is 17.6 Å². The van der Waals surface area contributed by atoms with Gasteiger partial charge in [0.2, 0.25) is 0 Å². The Kier molecular flexibility index (Phi) is 5.07. The lowest BCUT2D eigenvalue weighted by Gasteiger charge is -2.20. The highest BCUT2D eigenvalue weighted by Crippen LogP contribution is 2.18. The Hall–Kier alpha value is -2.11. The molecule has 1 amide bonds. The third kappa shape index (κ3) is 3.46. The van der Waals surface area contributed by atoms with Gasteiger partial charge in [-0.2, -0.15) is 0 Å². The quantitative estimate of drug-likeness (QED) is 0.650. The summed E-state index contributed by atoms with van der Waals surface area (Å²) in [6.07, 6.45) is 0. The molecule has 20 heavy (non-hydrogen) atoms. The molecule has 1 aromatic carbocycles. The number of carbonyl (C=O) groups is 2. The molecule has 0 aliphatic rings. The predicted molar refractivity (Wildman–Crippen MR) is 73.7 cm³/mol. The largest absolute Gasteiger partial charge is 0.467 e. The van der Waals surface area contributed by atoms with E-state index in [1.54, 1.807) is 13.8 Å². The van der Waals surface area contributed by atoms with Crippen molar-refractivity contribution in [2.24, 2.45) is 5.92 Å². The Morgan fingerprint density at radius 2 is 1.95 bits per heavy atom. The highest BCUT2D eigenvalue weighted by Gasteiger charge is 2.25. The van der Waals surface area contributed by atoms with E-state index in [1.165, 1.54) is 20.1 Å². The lowest BCUT2D eigenvalue weighted by molar-refractivity contribution is -0.144. The van der Waals surface area contributed by atoms with Gasteiger partial charge in [0, 0.05) is 16.8 Å². The van der Waals surface area contributed by atoms with E-state index in [2.05, 4.69) is 10.1 Å². The fourth-order valence-electron chi connectivity index (χ4n) is 1.68. The Morgan fingerprint density at radius 1 is 1.35 bits per heavy atom. The van der Waals surface area contributed by atoms with Gasteiger partial charge in [-0.1, -0.05) is 13.8 Å². The topological polar surface area (TPSA) is 81.4 Å². The predicted octanol–water partition coefficient (Wildman–Crippen LogP) is 1.64. The fraction of sp³-hybridized carbons (Fsp3) is 0.429. The average molecular weight is 282 g/mol. The van der Waals surface area contributed by atoms with Crippen LogP contribution in [0.3, 0.4) is 0 Å². The van der Waals surface area contributed by atoms with Crippen molar-refractivity contribution in [3.8, 4) is 0 Å². The van der Waals surface area contributed by atoms with Gasteiger partial charge in [-0.3, -0.25) is 4.79 Å². The van der Waals surface area contributed by atoms with Crippen LogP contribution in [0.5, 0.6) is 0 Å². The highest BCUT2D eigenvalue weighted by molar-refractivity contribution is 5.97. The van der Waals surface area contributed by atoms with Gasteiger partial charge in [-0.05, 0) is 25.0 Å². The van der Waals surface area contributed by atoms with Crippen molar-refractivity contribution in [1.82, 2.24) is 5.32 Å². The summed E-state index contributed by atoms with van der Waals surface area (Å²) in [5.74, 6) is -1.83. The average Bonchev–Trinajstić information content (AvgIpc) is 2.39. The minimum atomic E-state index is -0.793. The molecular formula is C14H19FN2O3. The van der Waals surface area contributed by atoms with Crippen LogP contribution in [0.2, 0.25) is 0 Å². The van der Waals surface area contributed by atoms with Crippen LogP contribution >= 0.6 is 0 Å². The van der Waals surface area contributed by atoms with E-state index >= 15 is 0 Å². The molecule has 5 nitrogen and oxygen atoms in total.